The van der Waals surface area contributed by atoms with E-state index in [1.807, 2.05) is 0 Å². The van der Waals surface area contributed by atoms with E-state index in [9.17, 15) is 9.59 Å². The molecule has 154 valence electrons. The Bertz CT molecular complexity index is 960. The molecule has 9 nitrogen and oxygen atoms in total. The molecule has 2 amide bonds. The Morgan fingerprint density at radius 2 is 1.90 bits per heavy atom. The first-order valence-corrected chi connectivity index (χ1v) is 9.00. The van der Waals surface area contributed by atoms with Crippen molar-refractivity contribution in [1.82, 2.24) is 4.98 Å². The molecule has 29 heavy (non-hydrogen) atoms. The molecule has 3 N–H and O–H groups in total. The summed E-state index contributed by atoms with van der Waals surface area (Å²) >= 11 is 0. The quantitative estimate of drug-likeness (QED) is 0.790. The SMILES string of the molecule is COc1ccc(NC(=O)C(C)N2C(=O)C(C)(C)Oc3ccc(N)nc32)cc1OC. The molecule has 0 spiro atoms. The molecular weight excluding hydrogens is 376 g/mol. The number of fused-ring (bicyclic) bond motifs is 1. The van der Waals surface area contributed by atoms with E-state index in [-0.39, 0.29) is 11.6 Å². The third kappa shape index (κ3) is 3.75. The Morgan fingerprint density at radius 1 is 1.21 bits per heavy atom. The molecule has 0 bridgehead atoms. The van der Waals surface area contributed by atoms with Crippen LogP contribution in [-0.2, 0) is 9.59 Å². The number of hydrogen-bond acceptors (Lipinski definition) is 7. The van der Waals surface area contributed by atoms with E-state index in [0.717, 1.165) is 0 Å². The van der Waals surface area contributed by atoms with Gasteiger partial charge in [-0.3, -0.25) is 14.5 Å². The number of rotatable bonds is 5. The number of aromatic nitrogens is 1. The van der Waals surface area contributed by atoms with Crippen LogP contribution in [0.2, 0.25) is 0 Å². The van der Waals surface area contributed by atoms with Crippen molar-refractivity contribution in [2.24, 2.45) is 0 Å². The van der Waals surface area contributed by atoms with Gasteiger partial charge in [0.2, 0.25) is 5.91 Å². The monoisotopic (exact) mass is 400 g/mol. The second-order valence-electron chi connectivity index (χ2n) is 7.08. The average Bonchev–Trinajstić information content (AvgIpc) is 2.68. The van der Waals surface area contributed by atoms with Crippen LogP contribution < -0.4 is 30.2 Å². The zero-order valence-corrected chi connectivity index (χ0v) is 17.0. The minimum atomic E-state index is -1.15. The second-order valence-corrected chi connectivity index (χ2v) is 7.08. The molecule has 2 aromatic rings. The Hall–Kier alpha value is -3.49. The minimum absolute atomic E-state index is 0.212. The van der Waals surface area contributed by atoms with Gasteiger partial charge >= 0.3 is 0 Å². The number of nitrogens with two attached hydrogens (primary N) is 1. The van der Waals surface area contributed by atoms with Crippen molar-refractivity contribution >= 4 is 29.1 Å². The van der Waals surface area contributed by atoms with Gasteiger partial charge < -0.3 is 25.3 Å². The normalized spacial score (nSPS) is 15.8. The number of pyridine rings is 1. The van der Waals surface area contributed by atoms with E-state index in [1.54, 1.807) is 51.1 Å². The number of benzene rings is 1. The maximum absolute atomic E-state index is 13.0. The summed E-state index contributed by atoms with van der Waals surface area (Å²) in [4.78, 5) is 31.5. The first-order chi connectivity index (χ1) is 13.7. The van der Waals surface area contributed by atoms with Gasteiger partial charge in [0.25, 0.3) is 5.91 Å². The van der Waals surface area contributed by atoms with E-state index in [0.29, 0.717) is 22.9 Å². The lowest BCUT2D eigenvalue weighted by molar-refractivity contribution is -0.134. The molecule has 9 heteroatoms. The zero-order valence-electron chi connectivity index (χ0n) is 17.0. The van der Waals surface area contributed by atoms with Crippen molar-refractivity contribution < 1.29 is 23.8 Å². The number of hydrogen-bond donors (Lipinski definition) is 2. The van der Waals surface area contributed by atoms with Crippen LogP contribution in [-0.4, -0.2) is 42.7 Å². The van der Waals surface area contributed by atoms with Gasteiger partial charge in [-0.1, -0.05) is 0 Å². The number of anilines is 3. The number of carbonyl (C=O) groups is 2. The van der Waals surface area contributed by atoms with Gasteiger partial charge in [0.15, 0.2) is 28.7 Å². The van der Waals surface area contributed by atoms with Gasteiger partial charge in [-0.25, -0.2) is 4.98 Å². The third-order valence-electron chi connectivity index (χ3n) is 4.61. The summed E-state index contributed by atoms with van der Waals surface area (Å²) in [5.41, 5.74) is 5.14. The van der Waals surface area contributed by atoms with Crippen molar-refractivity contribution in [3.05, 3.63) is 30.3 Å². The fraction of sp³-hybridized carbons (Fsp3) is 0.350. The molecule has 1 aliphatic rings. The molecule has 3 rings (SSSR count). The predicted molar refractivity (Wildman–Crippen MR) is 108 cm³/mol. The number of carbonyl (C=O) groups excluding carboxylic acids is 2. The van der Waals surface area contributed by atoms with Crippen LogP contribution in [0, 0.1) is 0 Å². The maximum atomic E-state index is 13.0. The molecule has 1 atom stereocenters. The Kier molecular flexibility index (Phi) is 5.23. The number of methoxy groups -OCH3 is 2. The minimum Gasteiger partial charge on any atom is -0.493 e. The molecule has 0 saturated heterocycles. The second kappa shape index (κ2) is 7.50. The van der Waals surface area contributed by atoms with Gasteiger partial charge in [-0.2, -0.15) is 0 Å². The smallest absolute Gasteiger partial charge is 0.272 e. The first-order valence-electron chi connectivity index (χ1n) is 9.00. The fourth-order valence-electron chi connectivity index (χ4n) is 3.04. The number of nitrogens with zero attached hydrogens (tertiary/aromatic N) is 2. The van der Waals surface area contributed by atoms with Crippen molar-refractivity contribution in [1.29, 1.82) is 0 Å². The topological polar surface area (TPSA) is 116 Å². The van der Waals surface area contributed by atoms with E-state index < -0.39 is 23.5 Å². The molecule has 2 heterocycles. The highest BCUT2D eigenvalue weighted by Gasteiger charge is 2.45. The Labute approximate surface area is 168 Å². The Balaban J connectivity index is 1.91. The summed E-state index contributed by atoms with van der Waals surface area (Å²) in [6, 6.07) is 7.35. The lowest BCUT2D eigenvalue weighted by Gasteiger charge is -2.40. The van der Waals surface area contributed by atoms with Crippen LogP contribution in [0.1, 0.15) is 20.8 Å². The summed E-state index contributed by atoms with van der Waals surface area (Å²) in [6.45, 7) is 4.89. The molecule has 0 aliphatic carbocycles. The molecule has 0 saturated carbocycles. The van der Waals surface area contributed by atoms with Crippen LogP contribution in [0.15, 0.2) is 30.3 Å². The van der Waals surface area contributed by atoms with Crippen molar-refractivity contribution in [3.63, 3.8) is 0 Å². The standard InChI is InChI=1S/C20H24N4O5/c1-11(18(25)22-12-6-7-13(27-4)15(10-12)28-5)24-17-14(8-9-16(21)23-17)29-20(2,3)19(24)26/h6-11H,1-5H3,(H2,21,23)(H,22,25). The number of ether oxygens (including phenoxy) is 3. The lowest BCUT2D eigenvalue weighted by Crippen LogP contribution is -2.58. The van der Waals surface area contributed by atoms with Gasteiger partial charge in [-0.15, -0.1) is 0 Å². The molecule has 1 aromatic heterocycles. The van der Waals surface area contributed by atoms with Crippen molar-refractivity contribution in [2.45, 2.75) is 32.4 Å². The summed E-state index contributed by atoms with van der Waals surface area (Å²) in [7, 11) is 3.04. The fourth-order valence-corrected chi connectivity index (χ4v) is 3.04. The van der Waals surface area contributed by atoms with Crippen LogP contribution in [0.5, 0.6) is 17.2 Å². The lowest BCUT2D eigenvalue weighted by atomic mass is 10.0. The van der Waals surface area contributed by atoms with Gasteiger partial charge in [-0.05, 0) is 45.0 Å². The first kappa shape index (κ1) is 20.2. The molecule has 1 unspecified atom stereocenters. The van der Waals surface area contributed by atoms with E-state index in [1.165, 1.54) is 19.1 Å². The van der Waals surface area contributed by atoms with Crippen LogP contribution in [0.25, 0.3) is 0 Å². The number of amides is 2. The summed E-state index contributed by atoms with van der Waals surface area (Å²) < 4.78 is 16.2. The van der Waals surface area contributed by atoms with Crippen LogP contribution in [0.4, 0.5) is 17.3 Å². The summed E-state index contributed by atoms with van der Waals surface area (Å²) in [6.07, 6.45) is 0. The molecule has 1 aliphatic heterocycles. The van der Waals surface area contributed by atoms with E-state index >= 15 is 0 Å². The van der Waals surface area contributed by atoms with Gasteiger partial charge in [0, 0.05) is 11.8 Å². The molecule has 0 fully saturated rings. The van der Waals surface area contributed by atoms with E-state index in [2.05, 4.69) is 10.3 Å². The predicted octanol–water partition coefficient (Wildman–Crippen LogP) is 2.21. The number of nitrogen functional groups attached to an aromatic ring is 1. The molecule has 0 radical (unpaired) electrons. The highest BCUT2D eigenvalue weighted by atomic mass is 16.5. The molecule has 1 aromatic carbocycles. The van der Waals surface area contributed by atoms with Gasteiger partial charge in [0.1, 0.15) is 11.9 Å². The van der Waals surface area contributed by atoms with Crippen molar-refractivity contribution in [2.75, 3.05) is 30.2 Å². The van der Waals surface area contributed by atoms with Crippen LogP contribution in [0.3, 0.4) is 0 Å². The third-order valence-corrected chi connectivity index (χ3v) is 4.61. The highest BCUT2D eigenvalue weighted by molar-refractivity contribution is 6.08. The average molecular weight is 400 g/mol. The molecular formula is C20H24N4O5. The van der Waals surface area contributed by atoms with Crippen LogP contribution >= 0.6 is 0 Å². The summed E-state index contributed by atoms with van der Waals surface area (Å²) in [5.74, 6) is 1.03. The zero-order chi connectivity index (χ0) is 21.3. The largest absolute Gasteiger partial charge is 0.493 e. The van der Waals surface area contributed by atoms with Crippen molar-refractivity contribution in [3.8, 4) is 17.2 Å². The highest BCUT2D eigenvalue weighted by Crippen LogP contribution is 2.38. The maximum Gasteiger partial charge on any atom is 0.272 e. The number of nitrogens with one attached hydrogen (secondary N) is 1. The summed E-state index contributed by atoms with van der Waals surface area (Å²) in [5, 5.41) is 2.79. The van der Waals surface area contributed by atoms with E-state index in [4.69, 9.17) is 19.9 Å². The van der Waals surface area contributed by atoms with Gasteiger partial charge in [0.05, 0.1) is 14.2 Å². The Morgan fingerprint density at radius 3 is 2.55 bits per heavy atom.